The van der Waals surface area contributed by atoms with Crippen LogP contribution in [0.3, 0.4) is 0 Å². The van der Waals surface area contributed by atoms with Crippen molar-refractivity contribution in [3.63, 3.8) is 0 Å². The van der Waals surface area contributed by atoms with Crippen LogP contribution in [0, 0.1) is 5.92 Å². The summed E-state index contributed by atoms with van der Waals surface area (Å²) in [7, 11) is 0. The maximum absolute atomic E-state index is 13.0. The van der Waals surface area contributed by atoms with Crippen molar-refractivity contribution in [1.82, 2.24) is 10.6 Å². The fraction of sp³-hybridized carbons (Fsp3) is 0.222. The molecule has 0 aliphatic heterocycles. The Morgan fingerprint density at radius 2 is 1.42 bits per heavy atom. The molecule has 1 aliphatic carbocycles. The molecular weight excluding hydrogens is 414 g/mol. The van der Waals surface area contributed by atoms with Gasteiger partial charge in [0.25, 0.3) is 5.91 Å². The fourth-order valence-corrected chi connectivity index (χ4v) is 3.50. The minimum absolute atomic E-state index is 0.0639. The van der Waals surface area contributed by atoms with Crippen LogP contribution in [0.2, 0.25) is 0 Å². The first-order chi connectivity index (χ1) is 16.1. The van der Waals surface area contributed by atoms with E-state index in [2.05, 4.69) is 16.0 Å². The number of carbonyl (C=O) groups excluding carboxylic acids is 3. The quantitative estimate of drug-likeness (QED) is 0.473. The van der Waals surface area contributed by atoms with E-state index in [0.717, 1.165) is 29.7 Å². The van der Waals surface area contributed by atoms with Crippen molar-refractivity contribution < 1.29 is 14.4 Å². The molecular formula is C27H27N3O3. The first-order valence-corrected chi connectivity index (χ1v) is 11.2. The Labute approximate surface area is 193 Å². The summed E-state index contributed by atoms with van der Waals surface area (Å²) in [6, 6.07) is 25.2. The Balaban J connectivity index is 1.37. The van der Waals surface area contributed by atoms with Gasteiger partial charge < -0.3 is 16.0 Å². The van der Waals surface area contributed by atoms with Crippen LogP contribution in [0.15, 0.2) is 84.9 Å². The van der Waals surface area contributed by atoms with E-state index in [1.54, 1.807) is 24.3 Å². The van der Waals surface area contributed by atoms with E-state index in [-0.39, 0.29) is 23.6 Å². The van der Waals surface area contributed by atoms with Gasteiger partial charge in [0.1, 0.15) is 6.04 Å². The third kappa shape index (κ3) is 6.53. The molecule has 0 spiro atoms. The predicted octanol–water partition coefficient (Wildman–Crippen LogP) is 3.69. The van der Waals surface area contributed by atoms with Crippen molar-refractivity contribution in [2.45, 2.75) is 31.8 Å². The molecule has 33 heavy (non-hydrogen) atoms. The van der Waals surface area contributed by atoms with E-state index >= 15 is 0 Å². The van der Waals surface area contributed by atoms with Gasteiger partial charge in [-0.25, -0.2) is 0 Å². The van der Waals surface area contributed by atoms with E-state index in [1.165, 1.54) is 0 Å². The molecule has 0 saturated heterocycles. The van der Waals surface area contributed by atoms with E-state index in [9.17, 15) is 14.4 Å². The molecule has 168 valence electrons. The zero-order valence-electron chi connectivity index (χ0n) is 18.3. The Bertz CT molecular complexity index is 1090. The lowest BCUT2D eigenvalue weighted by Crippen LogP contribution is -2.47. The van der Waals surface area contributed by atoms with Crippen LogP contribution in [0.4, 0.5) is 5.69 Å². The fourth-order valence-electron chi connectivity index (χ4n) is 3.50. The van der Waals surface area contributed by atoms with Crippen LogP contribution < -0.4 is 16.0 Å². The highest BCUT2D eigenvalue weighted by Crippen LogP contribution is 2.30. The summed E-state index contributed by atoms with van der Waals surface area (Å²) in [4.78, 5) is 37.6. The van der Waals surface area contributed by atoms with Gasteiger partial charge in [-0.2, -0.15) is 0 Å². The van der Waals surface area contributed by atoms with Crippen LogP contribution >= 0.6 is 0 Å². The summed E-state index contributed by atoms with van der Waals surface area (Å²) < 4.78 is 0. The van der Waals surface area contributed by atoms with Crippen LogP contribution in [-0.4, -0.2) is 23.8 Å². The average Bonchev–Trinajstić information content (AvgIpc) is 3.70. The first kappa shape index (κ1) is 22.3. The maximum atomic E-state index is 13.0. The van der Waals surface area contributed by atoms with Gasteiger partial charge in [-0.1, -0.05) is 60.7 Å². The zero-order valence-corrected chi connectivity index (χ0v) is 18.3. The van der Waals surface area contributed by atoms with Crippen molar-refractivity contribution in [3.8, 4) is 0 Å². The number of anilines is 1. The number of hydrogen-bond donors (Lipinski definition) is 3. The van der Waals surface area contributed by atoms with E-state index in [4.69, 9.17) is 0 Å². The minimum Gasteiger partial charge on any atom is -0.350 e. The summed E-state index contributed by atoms with van der Waals surface area (Å²) >= 11 is 0. The Morgan fingerprint density at radius 3 is 2.06 bits per heavy atom. The highest BCUT2D eigenvalue weighted by molar-refractivity contribution is 5.97. The van der Waals surface area contributed by atoms with Gasteiger partial charge in [0.05, 0.1) is 0 Å². The number of rotatable bonds is 9. The molecule has 3 amide bonds. The predicted molar refractivity (Wildman–Crippen MR) is 127 cm³/mol. The number of carbonyl (C=O) groups is 3. The molecule has 1 atom stereocenters. The van der Waals surface area contributed by atoms with Gasteiger partial charge in [-0.3, -0.25) is 14.4 Å². The average molecular weight is 442 g/mol. The molecule has 3 N–H and O–H groups in total. The van der Waals surface area contributed by atoms with Gasteiger partial charge in [0.15, 0.2) is 0 Å². The normalized spacial score (nSPS) is 13.6. The van der Waals surface area contributed by atoms with Crippen LogP contribution in [-0.2, 0) is 22.6 Å². The Morgan fingerprint density at radius 1 is 0.788 bits per heavy atom. The van der Waals surface area contributed by atoms with E-state index < -0.39 is 6.04 Å². The van der Waals surface area contributed by atoms with Gasteiger partial charge in [0.2, 0.25) is 11.8 Å². The zero-order chi connectivity index (χ0) is 23.0. The summed E-state index contributed by atoms with van der Waals surface area (Å²) in [6.07, 6.45) is 2.30. The topological polar surface area (TPSA) is 87.3 Å². The van der Waals surface area contributed by atoms with E-state index in [0.29, 0.717) is 18.5 Å². The van der Waals surface area contributed by atoms with Crippen LogP contribution in [0.1, 0.15) is 34.3 Å². The van der Waals surface area contributed by atoms with Gasteiger partial charge >= 0.3 is 0 Å². The van der Waals surface area contributed by atoms with Crippen molar-refractivity contribution >= 4 is 23.4 Å². The molecule has 0 heterocycles. The van der Waals surface area contributed by atoms with Gasteiger partial charge in [-0.15, -0.1) is 0 Å². The third-order valence-corrected chi connectivity index (χ3v) is 5.58. The molecule has 1 saturated carbocycles. The lowest BCUT2D eigenvalue weighted by molar-refractivity contribution is -0.123. The lowest BCUT2D eigenvalue weighted by atomic mass is 10.0. The standard InChI is InChI=1S/C27H27N3O3/c31-25(22-13-14-22)29-23-15-11-20(12-16-23)18-28-27(33)24(17-19-7-3-1-4-8-19)30-26(32)21-9-5-2-6-10-21/h1-12,15-16,22,24H,13-14,17-18H2,(H,28,33)(H,29,31)(H,30,32)/t24-/m1/s1. The molecule has 6 heteroatoms. The summed E-state index contributed by atoms with van der Waals surface area (Å²) in [5.74, 6) is -0.331. The molecule has 0 aromatic heterocycles. The largest absolute Gasteiger partial charge is 0.350 e. The molecule has 6 nitrogen and oxygen atoms in total. The van der Waals surface area contributed by atoms with Crippen LogP contribution in [0.25, 0.3) is 0 Å². The van der Waals surface area contributed by atoms with Crippen molar-refractivity contribution in [1.29, 1.82) is 0 Å². The van der Waals surface area contributed by atoms with E-state index in [1.807, 2.05) is 60.7 Å². The molecule has 1 aliphatic rings. The smallest absolute Gasteiger partial charge is 0.251 e. The highest BCUT2D eigenvalue weighted by Gasteiger charge is 2.29. The monoisotopic (exact) mass is 441 g/mol. The second-order valence-electron chi connectivity index (χ2n) is 8.26. The van der Waals surface area contributed by atoms with Crippen molar-refractivity contribution in [2.75, 3.05) is 5.32 Å². The van der Waals surface area contributed by atoms with Gasteiger partial charge in [-0.05, 0) is 48.2 Å². The summed E-state index contributed by atoms with van der Waals surface area (Å²) in [5, 5.41) is 8.69. The highest BCUT2D eigenvalue weighted by atomic mass is 16.2. The third-order valence-electron chi connectivity index (χ3n) is 5.58. The summed E-state index contributed by atoms with van der Waals surface area (Å²) in [5.41, 5.74) is 3.12. The van der Waals surface area contributed by atoms with Crippen LogP contribution in [0.5, 0.6) is 0 Å². The second-order valence-corrected chi connectivity index (χ2v) is 8.26. The molecule has 3 aromatic carbocycles. The van der Waals surface area contributed by atoms with Crippen molar-refractivity contribution in [3.05, 3.63) is 102 Å². The molecule has 0 radical (unpaired) electrons. The van der Waals surface area contributed by atoms with Gasteiger partial charge in [0, 0.05) is 30.1 Å². The Kier molecular flexibility index (Phi) is 7.15. The first-order valence-electron chi connectivity index (χ1n) is 11.2. The molecule has 0 bridgehead atoms. The number of amides is 3. The molecule has 1 fully saturated rings. The summed E-state index contributed by atoms with van der Waals surface area (Å²) in [6.45, 7) is 0.322. The number of hydrogen-bond acceptors (Lipinski definition) is 3. The Hall–Kier alpha value is -3.93. The molecule has 0 unspecified atom stereocenters. The lowest BCUT2D eigenvalue weighted by Gasteiger charge is -2.19. The second kappa shape index (κ2) is 10.6. The number of benzene rings is 3. The number of nitrogens with one attached hydrogen (secondary N) is 3. The molecule has 4 rings (SSSR count). The van der Waals surface area contributed by atoms with Crippen molar-refractivity contribution in [2.24, 2.45) is 5.92 Å². The maximum Gasteiger partial charge on any atom is 0.251 e. The SMILES string of the molecule is O=C(N[C@H](Cc1ccccc1)C(=O)NCc1ccc(NC(=O)C2CC2)cc1)c1ccccc1. The molecule has 3 aromatic rings. The minimum atomic E-state index is -0.711.